The summed E-state index contributed by atoms with van der Waals surface area (Å²) < 4.78 is 1.88. The summed E-state index contributed by atoms with van der Waals surface area (Å²) in [4.78, 5) is 27.2. The number of imidazole rings is 1. The molecule has 3 rings (SSSR count). The quantitative estimate of drug-likeness (QED) is 0.550. The average molecular weight is 336 g/mol. The first-order chi connectivity index (χ1) is 12.0. The Morgan fingerprint density at radius 3 is 2.60 bits per heavy atom. The standard InChI is InChI=1S/C18H16N4O3/c1-22-15-5-3-2-4-14(15)20-16(22)10-17(23)21-19-11-12-6-8-13(9-7-12)18(24)25/h2-9,11H,10H2,1H3,(H,21,23)(H,24,25). The molecule has 2 aromatic carbocycles. The third kappa shape index (κ3) is 3.72. The van der Waals surface area contributed by atoms with Crippen molar-refractivity contribution in [3.8, 4) is 0 Å². The highest BCUT2D eigenvalue weighted by atomic mass is 16.4. The Morgan fingerprint density at radius 1 is 1.20 bits per heavy atom. The molecular formula is C18H16N4O3. The van der Waals surface area contributed by atoms with Crippen LogP contribution in [0.25, 0.3) is 11.0 Å². The molecule has 3 aromatic rings. The molecular weight excluding hydrogens is 320 g/mol. The van der Waals surface area contributed by atoms with Gasteiger partial charge in [-0.25, -0.2) is 15.2 Å². The maximum atomic E-state index is 12.0. The van der Waals surface area contributed by atoms with Crippen molar-refractivity contribution in [3.05, 3.63) is 65.5 Å². The minimum absolute atomic E-state index is 0.112. The van der Waals surface area contributed by atoms with Crippen molar-refractivity contribution in [2.75, 3.05) is 0 Å². The second kappa shape index (κ2) is 6.96. The number of fused-ring (bicyclic) bond motifs is 1. The fraction of sp³-hybridized carbons (Fsp3) is 0.111. The normalized spacial score (nSPS) is 11.1. The number of hydrogen-bond donors (Lipinski definition) is 2. The number of carbonyl (C=O) groups is 2. The third-order valence-corrected chi connectivity index (χ3v) is 3.76. The molecule has 25 heavy (non-hydrogen) atoms. The van der Waals surface area contributed by atoms with Crippen molar-refractivity contribution in [1.29, 1.82) is 0 Å². The van der Waals surface area contributed by atoms with Crippen molar-refractivity contribution in [2.24, 2.45) is 12.1 Å². The van der Waals surface area contributed by atoms with Gasteiger partial charge in [0.15, 0.2) is 0 Å². The van der Waals surface area contributed by atoms with Gasteiger partial charge in [0.25, 0.3) is 0 Å². The Bertz CT molecular complexity index is 958. The number of hydrogen-bond acceptors (Lipinski definition) is 4. The van der Waals surface area contributed by atoms with Crippen LogP contribution in [0.1, 0.15) is 21.7 Å². The predicted molar refractivity (Wildman–Crippen MR) is 93.6 cm³/mol. The molecule has 1 aromatic heterocycles. The minimum atomic E-state index is -0.987. The van der Waals surface area contributed by atoms with Gasteiger partial charge in [-0.1, -0.05) is 24.3 Å². The van der Waals surface area contributed by atoms with Gasteiger partial charge >= 0.3 is 5.97 Å². The van der Waals surface area contributed by atoms with E-state index in [1.54, 1.807) is 12.1 Å². The zero-order valence-corrected chi connectivity index (χ0v) is 13.5. The zero-order valence-electron chi connectivity index (χ0n) is 13.5. The van der Waals surface area contributed by atoms with Crippen molar-refractivity contribution >= 4 is 29.1 Å². The number of hydrazone groups is 1. The number of carboxylic acids is 1. The van der Waals surface area contributed by atoms with E-state index in [0.29, 0.717) is 11.4 Å². The topological polar surface area (TPSA) is 96.6 Å². The van der Waals surface area contributed by atoms with E-state index >= 15 is 0 Å². The molecule has 1 amide bonds. The molecule has 0 atom stereocenters. The first kappa shape index (κ1) is 16.4. The lowest BCUT2D eigenvalue weighted by Crippen LogP contribution is -2.21. The Balaban J connectivity index is 1.62. The lowest BCUT2D eigenvalue weighted by molar-refractivity contribution is -0.120. The van der Waals surface area contributed by atoms with Crippen LogP contribution in [0.2, 0.25) is 0 Å². The largest absolute Gasteiger partial charge is 0.478 e. The number of rotatable bonds is 5. The van der Waals surface area contributed by atoms with E-state index in [1.165, 1.54) is 18.3 Å². The van der Waals surface area contributed by atoms with Crippen LogP contribution in [-0.4, -0.2) is 32.7 Å². The summed E-state index contributed by atoms with van der Waals surface area (Å²) in [5.74, 6) is -0.615. The van der Waals surface area contributed by atoms with Crippen LogP contribution in [0.15, 0.2) is 53.6 Å². The second-order valence-electron chi connectivity index (χ2n) is 5.47. The summed E-state index contributed by atoms with van der Waals surface area (Å²) in [7, 11) is 1.87. The van der Waals surface area contributed by atoms with Crippen molar-refractivity contribution in [2.45, 2.75) is 6.42 Å². The minimum Gasteiger partial charge on any atom is -0.478 e. The van der Waals surface area contributed by atoms with Crippen LogP contribution < -0.4 is 5.43 Å². The fourth-order valence-corrected chi connectivity index (χ4v) is 2.43. The fourth-order valence-electron chi connectivity index (χ4n) is 2.43. The zero-order chi connectivity index (χ0) is 17.8. The van der Waals surface area contributed by atoms with Gasteiger partial charge in [-0.15, -0.1) is 0 Å². The highest BCUT2D eigenvalue weighted by molar-refractivity contribution is 5.89. The third-order valence-electron chi connectivity index (χ3n) is 3.76. The number of benzene rings is 2. The Hall–Kier alpha value is -3.48. The maximum absolute atomic E-state index is 12.0. The second-order valence-corrected chi connectivity index (χ2v) is 5.47. The number of aromatic carboxylic acids is 1. The number of carbonyl (C=O) groups excluding carboxylic acids is 1. The number of para-hydroxylation sites is 2. The van der Waals surface area contributed by atoms with Crippen LogP contribution in [0, 0.1) is 0 Å². The van der Waals surface area contributed by atoms with Gasteiger partial charge in [0.2, 0.25) is 5.91 Å². The summed E-state index contributed by atoms with van der Waals surface area (Å²) in [5.41, 5.74) is 5.14. The number of nitrogens with one attached hydrogen (secondary N) is 1. The monoisotopic (exact) mass is 336 g/mol. The molecule has 1 heterocycles. The van der Waals surface area contributed by atoms with Gasteiger partial charge in [0, 0.05) is 7.05 Å². The molecule has 0 fully saturated rings. The summed E-state index contributed by atoms with van der Waals surface area (Å²) in [6.07, 6.45) is 1.57. The van der Waals surface area contributed by atoms with E-state index in [4.69, 9.17) is 5.11 Å². The summed E-state index contributed by atoms with van der Waals surface area (Å²) >= 11 is 0. The van der Waals surface area contributed by atoms with Crippen molar-refractivity contribution in [3.63, 3.8) is 0 Å². The Kier molecular flexibility index (Phi) is 4.56. The number of carboxylic acid groups (broad SMARTS) is 1. The molecule has 0 aliphatic carbocycles. The molecule has 0 spiro atoms. The van der Waals surface area contributed by atoms with E-state index in [1.807, 2.05) is 35.9 Å². The number of aromatic nitrogens is 2. The molecule has 126 valence electrons. The first-order valence-corrected chi connectivity index (χ1v) is 7.60. The van der Waals surface area contributed by atoms with Crippen LogP contribution in [0.4, 0.5) is 0 Å². The number of nitrogens with zero attached hydrogens (tertiary/aromatic N) is 3. The lowest BCUT2D eigenvalue weighted by Gasteiger charge is -2.01. The van der Waals surface area contributed by atoms with Crippen LogP contribution in [-0.2, 0) is 18.3 Å². The molecule has 0 saturated heterocycles. The molecule has 0 radical (unpaired) electrons. The van der Waals surface area contributed by atoms with Gasteiger partial charge in [0.1, 0.15) is 5.82 Å². The molecule has 0 unspecified atom stereocenters. The van der Waals surface area contributed by atoms with Crippen LogP contribution in [0.3, 0.4) is 0 Å². The molecule has 0 aliphatic rings. The Labute approximate surface area is 143 Å². The predicted octanol–water partition coefficient (Wildman–Crippen LogP) is 1.96. The van der Waals surface area contributed by atoms with Crippen molar-refractivity contribution in [1.82, 2.24) is 15.0 Å². The average Bonchev–Trinajstić information content (AvgIpc) is 2.91. The van der Waals surface area contributed by atoms with E-state index in [0.717, 1.165) is 11.0 Å². The van der Waals surface area contributed by atoms with Gasteiger partial charge in [0.05, 0.1) is 29.2 Å². The maximum Gasteiger partial charge on any atom is 0.335 e. The molecule has 0 saturated carbocycles. The summed E-state index contributed by atoms with van der Waals surface area (Å²) in [6.45, 7) is 0. The van der Waals surface area contributed by atoms with Crippen LogP contribution in [0.5, 0.6) is 0 Å². The molecule has 7 heteroatoms. The van der Waals surface area contributed by atoms with E-state index in [2.05, 4.69) is 15.5 Å². The smallest absolute Gasteiger partial charge is 0.335 e. The highest BCUT2D eigenvalue weighted by Crippen LogP contribution is 2.14. The molecule has 0 bridgehead atoms. The van der Waals surface area contributed by atoms with Gasteiger partial charge in [-0.05, 0) is 29.8 Å². The number of amides is 1. The number of aryl methyl sites for hydroxylation is 1. The SMILES string of the molecule is Cn1c(CC(=O)NN=Cc2ccc(C(=O)O)cc2)nc2ccccc21. The Morgan fingerprint density at radius 2 is 1.92 bits per heavy atom. The van der Waals surface area contributed by atoms with E-state index < -0.39 is 5.97 Å². The van der Waals surface area contributed by atoms with E-state index in [9.17, 15) is 9.59 Å². The van der Waals surface area contributed by atoms with Crippen molar-refractivity contribution < 1.29 is 14.7 Å². The molecule has 0 aliphatic heterocycles. The molecule has 7 nitrogen and oxygen atoms in total. The van der Waals surface area contributed by atoms with Gasteiger partial charge in [-0.2, -0.15) is 5.10 Å². The van der Waals surface area contributed by atoms with Gasteiger partial charge in [-0.3, -0.25) is 4.79 Å². The summed E-state index contributed by atoms with van der Waals surface area (Å²) in [5, 5.41) is 12.7. The van der Waals surface area contributed by atoms with Gasteiger partial charge < -0.3 is 9.67 Å². The summed E-state index contributed by atoms with van der Waals surface area (Å²) in [6, 6.07) is 13.9. The highest BCUT2D eigenvalue weighted by Gasteiger charge is 2.10. The van der Waals surface area contributed by atoms with E-state index in [-0.39, 0.29) is 17.9 Å². The first-order valence-electron chi connectivity index (χ1n) is 7.60. The lowest BCUT2D eigenvalue weighted by atomic mass is 10.1. The molecule has 2 N–H and O–H groups in total. The van der Waals surface area contributed by atoms with Crippen LogP contribution >= 0.6 is 0 Å².